The van der Waals surface area contributed by atoms with Crippen molar-refractivity contribution in [1.82, 2.24) is 0 Å². The summed E-state index contributed by atoms with van der Waals surface area (Å²) in [7, 11) is 0. The number of fused-ring (bicyclic) bond motifs is 6. The summed E-state index contributed by atoms with van der Waals surface area (Å²) in [6.07, 6.45) is 0. The van der Waals surface area contributed by atoms with Gasteiger partial charge in [-0.2, -0.15) is 5.26 Å². The quantitative estimate of drug-likeness (QED) is 0.176. The zero-order valence-electron chi connectivity index (χ0n) is 29.0. The molecular weight excluding hydrogens is 641 g/mol. The molecular formula is C51H34N2. The van der Waals surface area contributed by atoms with Gasteiger partial charge in [-0.05, 0) is 110 Å². The summed E-state index contributed by atoms with van der Waals surface area (Å²) in [4.78, 5) is 2.35. The summed E-state index contributed by atoms with van der Waals surface area (Å²) < 4.78 is 0. The molecule has 1 atom stereocenters. The second-order valence-electron chi connectivity index (χ2n) is 14.0. The minimum absolute atomic E-state index is 0.177. The second kappa shape index (κ2) is 12.4. The molecule has 10 rings (SSSR count). The fourth-order valence-electron chi connectivity index (χ4n) is 9.04. The topological polar surface area (TPSA) is 27.0 Å². The summed E-state index contributed by atoms with van der Waals surface area (Å²) in [5, 5.41) is 9.72. The Hall–Kier alpha value is -6.95. The van der Waals surface area contributed by atoms with Gasteiger partial charge in [0.1, 0.15) is 0 Å². The Bertz CT molecular complexity index is 2630. The molecule has 0 heterocycles. The number of benzene rings is 8. The van der Waals surface area contributed by atoms with Gasteiger partial charge in [0.05, 0.1) is 17.0 Å². The molecule has 2 aliphatic carbocycles. The van der Waals surface area contributed by atoms with Gasteiger partial charge in [-0.1, -0.05) is 152 Å². The van der Waals surface area contributed by atoms with E-state index in [1.54, 1.807) is 0 Å². The predicted octanol–water partition coefficient (Wildman–Crippen LogP) is 12.6. The molecule has 0 fully saturated rings. The molecule has 2 nitrogen and oxygen atoms in total. The highest BCUT2D eigenvalue weighted by Gasteiger charge is 2.46. The van der Waals surface area contributed by atoms with Crippen molar-refractivity contribution >= 4 is 17.1 Å². The first kappa shape index (κ1) is 30.8. The van der Waals surface area contributed by atoms with E-state index in [2.05, 4.69) is 199 Å². The predicted molar refractivity (Wildman–Crippen MR) is 216 cm³/mol. The van der Waals surface area contributed by atoms with Gasteiger partial charge in [0.2, 0.25) is 0 Å². The van der Waals surface area contributed by atoms with Gasteiger partial charge in [0, 0.05) is 23.0 Å². The van der Waals surface area contributed by atoms with Crippen LogP contribution in [0.5, 0.6) is 0 Å². The van der Waals surface area contributed by atoms with Crippen LogP contribution in [-0.2, 0) is 5.41 Å². The Morgan fingerprint density at radius 3 is 1.64 bits per heavy atom. The van der Waals surface area contributed by atoms with Crippen molar-refractivity contribution in [1.29, 1.82) is 5.26 Å². The van der Waals surface area contributed by atoms with E-state index < -0.39 is 5.41 Å². The van der Waals surface area contributed by atoms with Crippen LogP contribution >= 0.6 is 0 Å². The largest absolute Gasteiger partial charge is 0.310 e. The van der Waals surface area contributed by atoms with Crippen LogP contribution in [0.15, 0.2) is 200 Å². The molecule has 0 aromatic heterocycles. The average Bonchev–Trinajstić information content (AvgIpc) is 3.72. The summed E-state index contributed by atoms with van der Waals surface area (Å²) in [6, 6.07) is 74.6. The molecule has 53 heavy (non-hydrogen) atoms. The van der Waals surface area contributed by atoms with Crippen LogP contribution in [0.25, 0.3) is 22.3 Å². The van der Waals surface area contributed by atoms with Crippen LogP contribution in [0, 0.1) is 11.3 Å². The van der Waals surface area contributed by atoms with Crippen LogP contribution in [-0.4, -0.2) is 0 Å². The molecule has 0 saturated heterocycles. The van der Waals surface area contributed by atoms with Crippen LogP contribution in [0.2, 0.25) is 0 Å². The summed E-state index contributed by atoms with van der Waals surface area (Å²) in [5.41, 5.74) is 17.2. The van der Waals surface area contributed by atoms with Gasteiger partial charge in [0.25, 0.3) is 0 Å². The molecule has 0 bridgehead atoms. The van der Waals surface area contributed by atoms with Crippen molar-refractivity contribution in [2.75, 3.05) is 4.90 Å². The number of hydrogen-bond donors (Lipinski definition) is 0. The van der Waals surface area contributed by atoms with Crippen molar-refractivity contribution in [2.45, 2.75) is 11.3 Å². The monoisotopic (exact) mass is 674 g/mol. The standard InChI is InChI=1S/C51H34N2/c52-34-35-24-26-39(27-25-35)53(40-29-31-46-47(32-40)42-20-10-11-22-45(42)50(46)36-14-4-1-5-15-36)41-28-30-44-43-21-12-13-23-48(43)51(49(44)33-41,37-16-6-2-7-17-37)38-18-8-3-9-19-38/h1-33,50H. The van der Waals surface area contributed by atoms with Crippen LogP contribution in [0.1, 0.15) is 50.4 Å². The molecule has 2 aliphatic rings. The maximum atomic E-state index is 9.72. The first-order valence-corrected chi connectivity index (χ1v) is 18.2. The van der Waals surface area contributed by atoms with Gasteiger partial charge >= 0.3 is 0 Å². The van der Waals surface area contributed by atoms with Gasteiger partial charge < -0.3 is 4.90 Å². The van der Waals surface area contributed by atoms with Crippen molar-refractivity contribution in [3.05, 3.63) is 245 Å². The lowest BCUT2D eigenvalue weighted by atomic mass is 9.67. The van der Waals surface area contributed by atoms with E-state index in [0.29, 0.717) is 5.56 Å². The number of hydrogen-bond acceptors (Lipinski definition) is 2. The minimum atomic E-state index is -0.513. The van der Waals surface area contributed by atoms with Gasteiger partial charge in [-0.15, -0.1) is 0 Å². The maximum absolute atomic E-state index is 9.72. The van der Waals surface area contributed by atoms with E-state index >= 15 is 0 Å². The second-order valence-corrected chi connectivity index (χ2v) is 14.0. The Balaban J connectivity index is 1.21. The van der Waals surface area contributed by atoms with Crippen LogP contribution in [0.4, 0.5) is 17.1 Å². The number of anilines is 3. The SMILES string of the molecule is N#Cc1ccc(N(c2ccc3c(c2)-c2ccccc2C3c2ccccc2)c2ccc3c(c2)C(c2ccccc2)(c2ccccc2)c2ccccc2-3)cc1. The van der Waals surface area contributed by atoms with E-state index in [-0.39, 0.29) is 5.92 Å². The normalized spacial score (nSPS) is 14.4. The Kier molecular flexibility index (Phi) is 7.20. The fourth-order valence-corrected chi connectivity index (χ4v) is 9.04. The molecule has 0 N–H and O–H groups in total. The van der Waals surface area contributed by atoms with E-state index in [0.717, 1.165) is 17.1 Å². The number of nitrogens with zero attached hydrogens (tertiary/aromatic N) is 2. The summed E-state index contributed by atoms with van der Waals surface area (Å²) in [5.74, 6) is 0.177. The molecule has 0 saturated carbocycles. The zero-order chi connectivity index (χ0) is 35.4. The van der Waals surface area contributed by atoms with E-state index in [1.165, 1.54) is 61.2 Å². The Labute approximate surface area is 310 Å². The van der Waals surface area contributed by atoms with Gasteiger partial charge in [0.15, 0.2) is 0 Å². The lowest BCUT2D eigenvalue weighted by Gasteiger charge is -2.35. The van der Waals surface area contributed by atoms with Gasteiger partial charge in [-0.25, -0.2) is 0 Å². The number of nitriles is 1. The van der Waals surface area contributed by atoms with Crippen molar-refractivity contribution in [3.8, 4) is 28.3 Å². The first-order valence-electron chi connectivity index (χ1n) is 18.2. The molecule has 0 radical (unpaired) electrons. The third kappa shape index (κ3) is 4.72. The van der Waals surface area contributed by atoms with Crippen LogP contribution < -0.4 is 4.90 Å². The van der Waals surface area contributed by atoms with Crippen molar-refractivity contribution < 1.29 is 0 Å². The molecule has 2 heteroatoms. The Morgan fingerprint density at radius 2 is 0.943 bits per heavy atom. The first-order chi connectivity index (χ1) is 26.3. The highest BCUT2D eigenvalue weighted by atomic mass is 15.1. The Morgan fingerprint density at radius 1 is 0.415 bits per heavy atom. The summed E-state index contributed by atoms with van der Waals surface area (Å²) >= 11 is 0. The molecule has 0 amide bonds. The fraction of sp³-hybridized carbons (Fsp3) is 0.0392. The summed E-state index contributed by atoms with van der Waals surface area (Å²) in [6.45, 7) is 0. The van der Waals surface area contributed by atoms with E-state index in [4.69, 9.17) is 0 Å². The lowest BCUT2D eigenvalue weighted by Crippen LogP contribution is -2.28. The minimum Gasteiger partial charge on any atom is -0.310 e. The number of rotatable bonds is 6. The average molecular weight is 675 g/mol. The van der Waals surface area contributed by atoms with Crippen molar-refractivity contribution in [3.63, 3.8) is 0 Å². The lowest BCUT2D eigenvalue weighted by molar-refractivity contribution is 0.768. The van der Waals surface area contributed by atoms with E-state index in [1.807, 2.05) is 12.1 Å². The third-order valence-electron chi connectivity index (χ3n) is 11.3. The van der Waals surface area contributed by atoms with E-state index in [9.17, 15) is 5.26 Å². The molecule has 1 unspecified atom stereocenters. The zero-order valence-corrected chi connectivity index (χ0v) is 29.0. The molecule has 8 aromatic rings. The van der Waals surface area contributed by atoms with Crippen LogP contribution in [0.3, 0.4) is 0 Å². The molecule has 8 aromatic carbocycles. The van der Waals surface area contributed by atoms with Crippen molar-refractivity contribution in [2.24, 2.45) is 0 Å². The van der Waals surface area contributed by atoms with Gasteiger partial charge in [-0.3, -0.25) is 0 Å². The third-order valence-corrected chi connectivity index (χ3v) is 11.3. The highest BCUT2D eigenvalue weighted by molar-refractivity contribution is 5.91. The maximum Gasteiger partial charge on any atom is 0.0991 e. The molecule has 0 aliphatic heterocycles. The molecule has 248 valence electrons. The molecule has 0 spiro atoms. The highest BCUT2D eigenvalue weighted by Crippen LogP contribution is 2.57. The smallest absolute Gasteiger partial charge is 0.0991 e.